The van der Waals surface area contributed by atoms with Crippen LogP contribution in [0.3, 0.4) is 0 Å². The average Bonchev–Trinajstić information content (AvgIpc) is 2.86. The number of nitrogens with one attached hydrogen (secondary N) is 2. The molecule has 2 fully saturated rings. The van der Waals surface area contributed by atoms with Crippen molar-refractivity contribution in [3.05, 3.63) is 12.3 Å². The van der Waals surface area contributed by atoms with E-state index in [2.05, 4.69) is 29.6 Å². The topological polar surface area (TPSA) is 59.0 Å². The van der Waals surface area contributed by atoms with E-state index in [0.29, 0.717) is 0 Å². The van der Waals surface area contributed by atoms with Gasteiger partial charge in [0.05, 0.1) is 6.20 Å². The van der Waals surface area contributed by atoms with Crippen LogP contribution in [0.1, 0.15) is 39.2 Å². The highest BCUT2D eigenvalue weighted by Gasteiger charge is 2.57. The lowest BCUT2D eigenvalue weighted by atomic mass is 9.92. The van der Waals surface area contributed by atoms with Gasteiger partial charge in [0.1, 0.15) is 5.82 Å². The highest BCUT2D eigenvalue weighted by molar-refractivity contribution is 5.94. The maximum atomic E-state index is 12.3. The molecule has 2 N–H and O–H groups in total. The lowest BCUT2D eigenvalue weighted by Crippen LogP contribution is -2.32. The van der Waals surface area contributed by atoms with E-state index < -0.39 is 0 Å². The quantitative estimate of drug-likeness (QED) is 0.873. The summed E-state index contributed by atoms with van der Waals surface area (Å²) in [5, 5.41) is 10.7. The second-order valence-corrected chi connectivity index (χ2v) is 6.11. The van der Waals surface area contributed by atoms with Gasteiger partial charge in [-0.2, -0.15) is 5.10 Å². The molecule has 1 saturated carbocycles. The van der Waals surface area contributed by atoms with Gasteiger partial charge in [-0.05, 0) is 51.6 Å². The van der Waals surface area contributed by atoms with Crippen LogP contribution >= 0.6 is 0 Å². The summed E-state index contributed by atoms with van der Waals surface area (Å²) in [6.07, 6.45) is 5.06. The molecule has 19 heavy (non-hydrogen) atoms. The van der Waals surface area contributed by atoms with Gasteiger partial charge in [0, 0.05) is 18.0 Å². The third kappa shape index (κ3) is 2.27. The smallest absolute Gasteiger partial charge is 0.229 e. The minimum absolute atomic E-state index is 0.171. The molecule has 2 heterocycles. The first kappa shape index (κ1) is 12.7. The van der Waals surface area contributed by atoms with Crippen molar-refractivity contribution in [2.45, 2.75) is 39.2 Å². The van der Waals surface area contributed by atoms with Crippen LogP contribution in [0.4, 0.5) is 5.82 Å². The van der Waals surface area contributed by atoms with Gasteiger partial charge in [-0.15, -0.1) is 0 Å². The van der Waals surface area contributed by atoms with E-state index >= 15 is 0 Å². The molecule has 1 saturated heterocycles. The van der Waals surface area contributed by atoms with Gasteiger partial charge in [0.2, 0.25) is 5.91 Å². The molecular formula is C14H22N4O. The predicted molar refractivity (Wildman–Crippen MR) is 73.9 cm³/mol. The summed E-state index contributed by atoms with van der Waals surface area (Å²) in [4.78, 5) is 12.3. The molecule has 1 amide bonds. The van der Waals surface area contributed by atoms with E-state index in [0.717, 1.165) is 38.2 Å². The maximum Gasteiger partial charge on any atom is 0.229 e. The number of amides is 1. The normalized spacial score (nSPS) is 24.7. The summed E-state index contributed by atoms with van der Waals surface area (Å²) in [5.41, 5.74) is 0.290. The Morgan fingerprint density at radius 2 is 2.26 bits per heavy atom. The number of aromatic nitrogens is 2. The molecule has 2 aliphatic rings. The number of rotatable bonds is 3. The number of hydrogen-bond donors (Lipinski definition) is 2. The Labute approximate surface area is 113 Å². The summed E-state index contributed by atoms with van der Waals surface area (Å²) in [6, 6.07) is 2.13. The summed E-state index contributed by atoms with van der Waals surface area (Å²) in [6.45, 7) is 6.23. The lowest BCUT2D eigenvalue weighted by Gasteiger charge is -2.23. The monoisotopic (exact) mass is 262 g/mol. The van der Waals surface area contributed by atoms with Gasteiger partial charge in [0.15, 0.2) is 0 Å². The zero-order valence-corrected chi connectivity index (χ0v) is 11.6. The van der Waals surface area contributed by atoms with Crippen molar-refractivity contribution in [1.82, 2.24) is 15.1 Å². The van der Waals surface area contributed by atoms with Crippen molar-refractivity contribution in [2.24, 2.45) is 11.3 Å². The zero-order chi connectivity index (χ0) is 13.5. The van der Waals surface area contributed by atoms with Crippen molar-refractivity contribution in [3.8, 4) is 0 Å². The SMILES string of the molecule is CC(C)n1nccc1NC(=O)C1CC12CCNCC2. The first-order valence-corrected chi connectivity index (χ1v) is 7.17. The zero-order valence-electron chi connectivity index (χ0n) is 11.6. The molecule has 5 heteroatoms. The molecule has 1 aliphatic heterocycles. The number of anilines is 1. The minimum Gasteiger partial charge on any atom is -0.317 e. The number of carbonyl (C=O) groups excluding carboxylic acids is 1. The van der Waals surface area contributed by atoms with Crippen molar-refractivity contribution in [3.63, 3.8) is 0 Å². The van der Waals surface area contributed by atoms with Crippen LogP contribution in [-0.2, 0) is 4.79 Å². The van der Waals surface area contributed by atoms with Gasteiger partial charge in [-0.25, -0.2) is 4.68 Å². The number of hydrogen-bond acceptors (Lipinski definition) is 3. The van der Waals surface area contributed by atoms with E-state index in [1.54, 1.807) is 6.20 Å². The largest absolute Gasteiger partial charge is 0.317 e. The molecule has 1 aromatic rings. The molecule has 1 aromatic heterocycles. The van der Waals surface area contributed by atoms with Crippen LogP contribution in [-0.4, -0.2) is 28.8 Å². The average molecular weight is 262 g/mol. The Morgan fingerprint density at radius 3 is 2.95 bits per heavy atom. The Hall–Kier alpha value is -1.36. The Bertz CT molecular complexity index is 474. The molecule has 1 atom stereocenters. The Kier molecular flexibility index (Phi) is 3.09. The highest BCUT2D eigenvalue weighted by atomic mass is 16.2. The van der Waals surface area contributed by atoms with Crippen LogP contribution in [0.2, 0.25) is 0 Å². The summed E-state index contributed by atoms with van der Waals surface area (Å²) < 4.78 is 1.86. The van der Waals surface area contributed by atoms with Crippen LogP contribution in [0.5, 0.6) is 0 Å². The standard InChI is InChI=1S/C14H22N4O/c1-10(2)18-12(3-6-16-18)17-13(19)11-9-14(11)4-7-15-8-5-14/h3,6,10-11,15H,4-5,7-9H2,1-2H3,(H,17,19). The maximum absolute atomic E-state index is 12.3. The van der Waals surface area contributed by atoms with Crippen LogP contribution < -0.4 is 10.6 Å². The number of nitrogens with zero attached hydrogens (tertiary/aromatic N) is 2. The molecule has 104 valence electrons. The van der Waals surface area contributed by atoms with Gasteiger partial charge in [-0.3, -0.25) is 4.79 Å². The molecule has 5 nitrogen and oxygen atoms in total. The third-order valence-corrected chi connectivity index (χ3v) is 4.52. The second-order valence-electron chi connectivity index (χ2n) is 6.11. The van der Waals surface area contributed by atoms with Gasteiger partial charge in [0.25, 0.3) is 0 Å². The molecule has 1 unspecified atom stereocenters. The first-order chi connectivity index (χ1) is 9.12. The van der Waals surface area contributed by atoms with Crippen LogP contribution in [0.15, 0.2) is 12.3 Å². The van der Waals surface area contributed by atoms with Crippen molar-refractivity contribution < 1.29 is 4.79 Å². The molecule has 0 aromatic carbocycles. The van der Waals surface area contributed by atoms with E-state index in [4.69, 9.17) is 0 Å². The van der Waals surface area contributed by atoms with Crippen LogP contribution in [0.25, 0.3) is 0 Å². The van der Waals surface area contributed by atoms with E-state index in [1.807, 2.05) is 10.7 Å². The number of piperidine rings is 1. The molecule has 3 rings (SSSR count). The minimum atomic E-state index is 0.171. The summed E-state index contributed by atoms with van der Waals surface area (Å²) in [7, 11) is 0. The molecular weight excluding hydrogens is 240 g/mol. The van der Waals surface area contributed by atoms with Crippen molar-refractivity contribution >= 4 is 11.7 Å². The molecule has 1 aliphatic carbocycles. The summed E-state index contributed by atoms with van der Waals surface area (Å²) in [5.74, 6) is 1.19. The Balaban J connectivity index is 1.65. The second kappa shape index (κ2) is 4.63. The summed E-state index contributed by atoms with van der Waals surface area (Å²) >= 11 is 0. The van der Waals surface area contributed by atoms with Gasteiger partial charge in [-0.1, -0.05) is 0 Å². The van der Waals surface area contributed by atoms with E-state index in [-0.39, 0.29) is 23.3 Å². The predicted octanol–water partition coefficient (Wildman–Crippen LogP) is 1.79. The third-order valence-electron chi connectivity index (χ3n) is 4.52. The molecule has 0 radical (unpaired) electrons. The van der Waals surface area contributed by atoms with E-state index in [1.165, 1.54) is 0 Å². The van der Waals surface area contributed by atoms with Gasteiger partial charge >= 0.3 is 0 Å². The highest BCUT2D eigenvalue weighted by Crippen LogP contribution is 2.58. The fourth-order valence-corrected chi connectivity index (χ4v) is 3.23. The molecule has 0 bridgehead atoms. The van der Waals surface area contributed by atoms with Crippen molar-refractivity contribution in [1.29, 1.82) is 0 Å². The molecule has 1 spiro atoms. The lowest BCUT2D eigenvalue weighted by molar-refractivity contribution is -0.118. The number of carbonyl (C=O) groups is 1. The van der Waals surface area contributed by atoms with Crippen molar-refractivity contribution in [2.75, 3.05) is 18.4 Å². The van der Waals surface area contributed by atoms with E-state index in [9.17, 15) is 4.79 Å². The van der Waals surface area contributed by atoms with Gasteiger partial charge < -0.3 is 10.6 Å². The first-order valence-electron chi connectivity index (χ1n) is 7.17. The fourth-order valence-electron chi connectivity index (χ4n) is 3.23. The van der Waals surface area contributed by atoms with Crippen LogP contribution in [0, 0.1) is 11.3 Å². The Morgan fingerprint density at radius 1 is 1.53 bits per heavy atom. The fraction of sp³-hybridized carbons (Fsp3) is 0.714.